The number of rotatable bonds is 3. The second kappa shape index (κ2) is 10.3. The summed E-state index contributed by atoms with van der Waals surface area (Å²) < 4.78 is 31.7. The predicted molar refractivity (Wildman–Crippen MR) is 125 cm³/mol. The first-order valence-corrected chi connectivity index (χ1v) is 12.6. The van der Waals surface area contributed by atoms with Gasteiger partial charge in [0.05, 0.1) is 5.41 Å². The lowest BCUT2D eigenvalue weighted by atomic mass is 9.60. The van der Waals surface area contributed by atoms with Gasteiger partial charge in [0.25, 0.3) is 0 Å². The zero-order valence-electron chi connectivity index (χ0n) is 20.3. The number of thiophene rings is 1. The molecule has 3 fully saturated rings. The molecule has 1 N–H and O–H groups in total. The van der Waals surface area contributed by atoms with Crippen LogP contribution in [0.3, 0.4) is 0 Å². The van der Waals surface area contributed by atoms with Crippen LogP contribution >= 0.6 is 11.3 Å². The van der Waals surface area contributed by atoms with Crippen LogP contribution in [0, 0.1) is 10.8 Å². The van der Waals surface area contributed by atoms with Gasteiger partial charge in [0.1, 0.15) is 0 Å². The summed E-state index contributed by atoms with van der Waals surface area (Å²) >= 11 is 1.75. The zero-order chi connectivity index (χ0) is 26.0. The Bertz CT molecular complexity index is 916. The van der Waals surface area contributed by atoms with E-state index < -0.39 is 12.1 Å². The number of aliphatic carboxylic acids is 1. The fourth-order valence-electron chi connectivity index (χ4n) is 5.68. The highest BCUT2D eigenvalue weighted by molar-refractivity contribution is 7.07. The Morgan fingerprint density at radius 1 is 1.14 bits per heavy atom. The number of hydrogen-bond donors (Lipinski definition) is 1. The largest absolute Gasteiger partial charge is 0.490 e. The number of fused-ring (bicyclic) bond motifs is 1. The molecule has 3 aliphatic heterocycles. The summed E-state index contributed by atoms with van der Waals surface area (Å²) in [4.78, 5) is 43.2. The lowest BCUT2D eigenvalue weighted by Gasteiger charge is -2.46. The van der Waals surface area contributed by atoms with E-state index in [1.165, 1.54) is 5.56 Å². The number of nitrogens with zero attached hydrogens (tertiary/aromatic N) is 4. The van der Waals surface area contributed by atoms with E-state index in [9.17, 15) is 22.8 Å². The minimum absolute atomic E-state index is 0.0414. The number of halogens is 3. The molecule has 8 nitrogen and oxygen atoms in total. The lowest BCUT2D eigenvalue weighted by molar-refractivity contribution is -0.192. The lowest BCUT2D eigenvalue weighted by Crippen LogP contribution is -2.52. The van der Waals surface area contributed by atoms with Crippen LogP contribution in [0.5, 0.6) is 0 Å². The molecule has 0 radical (unpaired) electrons. The minimum Gasteiger partial charge on any atom is -0.475 e. The molecule has 1 atom stereocenters. The van der Waals surface area contributed by atoms with Crippen molar-refractivity contribution in [1.29, 1.82) is 0 Å². The molecule has 0 aliphatic carbocycles. The van der Waals surface area contributed by atoms with E-state index in [0.717, 1.165) is 58.5 Å². The summed E-state index contributed by atoms with van der Waals surface area (Å²) in [5.74, 6) is -2.47. The van der Waals surface area contributed by atoms with Gasteiger partial charge in [0.2, 0.25) is 5.91 Å². The molecule has 2 spiro atoms. The second-order valence-corrected chi connectivity index (χ2v) is 10.5. The highest BCUT2D eigenvalue weighted by atomic mass is 32.1. The summed E-state index contributed by atoms with van der Waals surface area (Å²) in [5, 5.41) is 11.5. The van der Waals surface area contributed by atoms with Crippen molar-refractivity contribution < 1.29 is 32.7 Å². The molecule has 1 aromatic rings. The molecule has 35 heavy (non-hydrogen) atoms. The smallest absolute Gasteiger partial charge is 0.475 e. The average molecular weight is 519 g/mol. The quantitative estimate of drug-likeness (QED) is 0.665. The van der Waals surface area contributed by atoms with Gasteiger partial charge in [-0.15, -0.1) is 0 Å². The molecular formula is C23H33F3N4O4S. The molecule has 196 valence electrons. The van der Waals surface area contributed by atoms with E-state index in [0.29, 0.717) is 6.54 Å². The highest BCUT2D eigenvalue weighted by Gasteiger charge is 2.65. The van der Waals surface area contributed by atoms with Crippen LogP contribution in [0.25, 0.3) is 0 Å². The number of carboxylic acid groups (broad SMARTS) is 1. The van der Waals surface area contributed by atoms with Crippen LogP contribution in [0.2, 0.25) is 0 Å². The molecule has 0 bridgehead atoms. The van der Waals surface area contributed by atoms with Gasteiger partial charge >= 0.3 is 18.2 Å². The van der Waals surface area contributed by atoms with E-state index >= 15 is 0 Å². The van der Waals surface area contributed by atoms with Gasteiger partial charge in [-0.3, -0.25) is 9.69 Å². The third-order valence-electron chi connectivity index (χ3n) is 7.55. The summed E-state index contributed by atoms with van der Waals surface area (Å²) in [6, 6.07) is 2.24. The standard InChI is InChI=1S/C21H32N4O2S.C2HF3O2/c1-4-24-11-8-21(18(24)26)16-25(19(27)22(2)3)15-20(21)6-9-23(10-7-20)13-17-5-12-28-14-17;3-2(4,5)1(6)7/h5,12,14H,4,6-11,13,15-16H2,1-3H3;(H,6,7). The Morgan fingerprint density at radius 3 is 2.23 bits per heavy atom. The maximum Gasteiger partial charge on any atom is 0.490 e. The predicted octanol–water partition coefficient (Wildman–Crippen LogP) is 3.20. The van der Waals surface area contributed by atoms with Gasteiger partial charge in [0.15, 0.2) is 0 Å². The van der Waals surface area contributed by atoms with Gasteiger partial charge in [-0.25, -0.2) is 9.59 Å². The number of carbonyl (C=O) groups excluding carboxylic acids is 2. The van der Waals surface area contributed by atoms with Gasteiger partial charge in [-0.1, -0.05) is 0 Å². The van der Waals surface area contributed by atoms with Crippen LogP contribution in [0.1, 0.15) is 31.7 Å². The second-order valence-electron chi connectivity index (χ2n) is 9.74. The summed E-state index contributed by atoms with van der Waals surface area (Å²) in [6.45, 7) is 7.96. The number of amides is 3. The van der Waals surface area contributed by atoms with E-state index in [4.69, 9.17) is 9.90 Å². The number of piperidine rings is 1. The molecule has 3 amide bonds. The van der Waals surface area contributed by atoms with Crippen LogP contribution in [0.4, 0.5) is 18.0 Å². The normalized spacial score (nSPS) is 24.1. The van der Waals surface area contributed by atoms with Crippen molar-refractivity contribution in [2.45, 2.75) is 38.9 Å². The highest BCUT2D eigenvalue weighted by Crippen LogP contribution is 2.58. The zero-order valence-corrected chi connectivity index (χ0v) is 21.1. The monoisotopic (exact) mass is 518 g/mol. The Kier molecular flexibility index (Phi) is 8.05. The van der Waals surface area contributed by atoms with Crippen molar-refractivity contribution in [1.82, 2.24) is 19.6 Å². The van der Waals surface area contributed by atoms with Crippen molar-refractivity contribution in [2.75, 3.05) is 53.4 Å². The maximum absolute atomic E-state index is 13.5. The molecular weight excluding hydrogens is 485 g/mol. The molecule has 4 heterocycles. The van der Waals surface area contributed by atoms with Gasteiger partial charge in [-0.2, -0.15) is 24.5 Å². The molecule has 3 saturated heterocycles. The van der Waals surface area contributed by atoms with Crippen LogP contribution < -0.4 is 0 Å². The first-order chi connectivity index (χ1) is 16.3. The van der Waals surface area contributed by atoms with Gasteiger partial charge in [-0.05, 0) is 61.7 Å². The van der Waals surface area contributed by atoms with E-state index in [-0.39, 0.29) is 22.8 Å². The van der Waals surface area contributed by atoms with Crippen molar-refractivity contribution in [3.8, 4) is 0 Å². The van der Waals surface area contributed by atoms with E-state index in [1.54, 1.807) is 30.3 Å². The minimum atomic E-state index is -5.08. The van der Waals surface area contributed by atoms with Crippen LogP contribution in [-0.2, 0) is 16.1 Å². The average Bonchev–Trinajstić information content (AvgIpc) is 3.49. The molecule has 12 heteroatoms. The summed E-state index contributed by atoms with van der Waals surface area (Å²) in [6.07, 6.45) is -2.20. The van der Waals surface area contributed by atoms with Crippen molar-refractivity contribution in [2.24, 2.45) is 10.8 Å². The third kappa shape index (κ3) is 5.42. The maximum atomic E-state index is 13.5. The van der Waals surface area contributed by atoms with Crippen molar-refractivity contribution in [3.05, 3.63) is 22.4 Å². The SMILES string of the molecule is CCN1CCC2(CN(C(=O)N(C)C)CC23CCN(Cc2ccsc2)CC3)C1=O.O=C(O)C(F)(F)F. The first-order valence-electron chi connectivity index (χ1n) is 11.6. The van der Waals surface area contributed by atoms with E-state index in [1.807, 2.05) is 9.80 Å². The number of urea groups is 1. The van der Waals surface area contributed by atoms with Crippen molar-refractivity contribution >= 4 is 29.2 Å². The number of hydrogen-bond acceptors (Lipinski definition) is 5. The number of likely N-dealkylation sites (tertiary alicyclic amines) is 3. The number of alkyl halides is 3. The van der Waals surface area contributed by atoms with Crippen molar-refractivity contribution in [3.63, 3.8) is 0 Å². The van der Waals surface area contributed by atoms with Crippen LogP contribution in [0.15, 0.2) is 16.8 Å². The van der Waals surface area contributed by atoms with Crippen LogP contribution in [-0.4, -0.2) is 102 Å². The molecule has 1 aromatic heterocycles. The first kappa shape index (κ1) is 27.3. The topological polar surface area (TPSA) is 84.4 Å². The summed E-state index contributed by atoms with van der Waals surface area (Å²) in [5.41, 5.74) is 0.911. The molecule has 4 rings (SSSR count). The molecule has 3 aliphatic rings. The Hall–Kier alpha value is -2.34. The fourth-order valence-corrected chi connectivity index (χ4v) is 6.34. The van der Waals surface area contributed by atoms with Gasteiger partial charge in [0, 0.05) is 52.2 Å². The number of carboxylic acids is 1. The Morgan fingerprint density at radius 2 is 1.77 bits per heavy atom. The van der Waals surface area contributed by atoms with E-state index in [2.05, 4.69) is 28.7 Å². The molecule has 1 unspecified atom stereocenters. The fraction of sp³-hybridized carbons (Fsp3) is 0.696. The number of carbonyl (C=O) groups is 3. The molecule has 0 saturated carbocycles. The van der Waals surface area contributed by atoms with Gasteiger partial charge < -0.3 is 19.8 Å². The molecule has 0 aromatic carbocycles. The Labute approximate surface area is 207 Å². The Balaban J connectivity index is 0.000000429. The summed E-state index contributed by atoms with van der Waals surface area (Å²) in [7, 11) is 3.61. The third-order valence-corrected chi connectivity index (χ3v) is 8.28.